The van der Waals surface area contributed by atoms with Crippen LogP contribution in [0.1, 0.15) is 24.4 Å². The molecule has 0 bridgehead atoms. The van der Waals surface area contributed by atoms with Crippen LogP contribution in [0.2, 0.25) is 0 Å². The highest BCUT2D eigenvalue weighted by molar-refractivity contribution is 9.09. The average Bonchev–Trinajstić information content (AvgIpc) is 2.05. The lowest BCUT2D eigenvalue weighted by Crippen LogP contribution is -2.00. The van der Waals surface area contributed by atoms with Gasteiger partial charge in [0.2, 0.25) is 0 Å². The van der Waals surface area contributed by atoms with Crippen LogP contribution in [0.15, 0.2) is 24.4 Å². The molecule has 1 aromatic rings. The van der Waals surface area contributed by atoms with Crippen molar-refractivity contribution in [3.05, 3.63) is 30.1 Å². The van der Waals surface area contributed by atoms with E-state index in [4.69, 9.17) is 0 Å². The van der Waals surface area contributed by atoms with Crippen molar-refractivity contribution in [2.45, 2.75) is 18.7 Å². The van der Waals surface area contributed by atoms with E-state index in [0.29, 0.717) is 10.7 Å². The van der Waals surface area contributed by atoms with E-state index >= 15 is 0 Å². The Bertz CT molecular complexity index is 208. The first-order valence-electron chi connectivity index (χ1n) is 3.77. The van der Waals surface area contributed by atoms with Crippen LogP contribution in [-0.2, 0) is 0 Å². The SMILES string of the molecule is CC(C)C(Br)c1ccccn1. The number of pyridine rings is 1. The third-order valence-corrected chi connectivity index (χ3v) is 3.08. The van der Waals surface area contributed by atoms with Crippen molar-refractivity contribution in [1.29, 1.82) is 0 Å². The molecule has 1 rings (SSSR count). The molecule has 0 spiro atoms. The molecule has 0 aliphatic heterocycles. The zero-order valence-electron chi connectivity index (χ0n) is 6.79. The van der Waals surface area contributed by atoms with Crippen LogP contribution in [0.4, 0.5) is 0 Å². The maximum absolute atomic E-state index is 4.25. The van der Waals surface area contributed by atoms with Gasteiger partial charge in [-0.05, 0) is 18.1 Å². The number of hydrogen-bond donors (Lipinski definition) is 0. The third-order valence-electron chi connectivity index (χ3n) is 1.56. The summed E-state index contributed by atoms with van der Waals surface area (Å²) >= 11 is 3.59. The Hall–Kier alpha value is -0.370. The average molecular weight is 214 g/mol. The van der Waals surface area contributed by atoms with Crippen molar-refractivity contribution in [2.24, 2.45) is 5.92 Å². The quantitative estimate of drug-likeness (QED) is 0.689. The lowest BCUT2D eigenvalue weighted by Gasteiger charge is -2.11. The largest absolute Gasteiger partial charge is 0.260 e. The van der Waals surface area contributed by atoms with Gasteiger partial charge in [0.1, 0.15) is 0 Å². The first-order valence-corrected chi connectivity index (χ1v) is 4.68. The molecule has 0 radical (unpaired) electrons. The first kappa shape index (κ1) is 8.72. The monoisotopic (exact) mass is 213 g/mol. The molecule has 1 unspecified atom stereocenters. The number of aromatic nitrogens is 1. The lowest BCUT2D eigenvalue weighted by atomic mass is 10.1. The molecule has 2 heteroatoms. The van der Waals surface area contributed by atoms with E-state index in [9.17, 15) is 0 Å². The molecular formula is C9H12BrN. The number of rotatable bonds is 2. The predicted octanol–water partition coefficient (Wildman–Crippen LogP) is 3.17. The van der Waals surface area contributed by atoms with Gasteiger partial charge in [-0.3, -0.25) is 4.98 Å². The van der Waals surface area contributed by atoms with E-state index in [0.717, 1.165) is 5.69 Å². The van der Waals surface area contributed by atoms with Crippen LogP contribution in [0.5, 0.6) is 0 Å². The van der Waals surface area contributed by atoms with Gasteiger partial charge in [-0.25, -0.2) is 0 Å². The van der Waals surface area contributed by atoms with Crippen molar-refractivity contribution in [3.63, 3.8) is 0 Å². The Morgan fingerprint density at radius 2 is 2.09 bits per heavy atom. The van der Waals surface area contributed by atoms with Crippen LogP contribution in [0.25, 0.3) is 0 Å². The molecule has 1 atom stereocenters. The highest BCUT2D eigenvalue weighted by Gasteiger charge is 2.11. The van der Waals surface area contributed by atoms with Crippen molar-refractivity contribution in [1.82, 2.24) is 4.98 Å². The smallest absolute Gasteiger partial charge is 0.0590 e. The van der Waals surface area contributed by atoms with Crippen molar-refractivity contribution >= 4 is 15.9 Å². The minimum absolute atomic E-state index is 0.378. The van der Waals surface area contributed by atoms with Crippen molar-refractivity contribution in [3.8, 4) is 0 Å². The third kappa shape index (κ3) is 2.29. The summed E-state index contributed by atoms with van der Waals surface area (Å²) in [7, 11) is 0. The minimum Gasteiger partial charge on any atom is -0.260 e. The fourth-order valence-electron chi connectivity index (χ4n) is 0.881. The molecule has 1 heterocycles. The van der Waals surface area contributed by atoms with E-state index in [1.165, 1.54) is 0 Å². The Balaban J connectivity index is 2.77. The lowest BCUT2D eigenvalue weighted by molar-refractivity contribution is 0.629. The fourth-order valence-corrected chi connectivity index (χ4v) is 1.15. The van der Waals surface area contributed by atoms with E-state index in [-0.39, 0.29) is 0 Å². The number of halogens is 1. The summed E-state index contributed by atoms with van der Waals surface area (Å²) in [5.41, 5.74) is 1.11. The summed E-state index contributed by atoms with van der Waals surface area (Å²) < 4.78 is 0. The molecule has 0 aliphatic carbocycles. The van der Waals surface area contributed by atoms with Gasteiger partial charge in [0.25, 0.3) is 0 Å². The molecule has 0 fully saturated rings. The molecular weight excluding hydrogens is 202 g/mol. The van der Waals surface area contributed by atoms with E-state index < -0.39 is 0 Å². The maximum atomic E-state index is 4.25. The maximum Gasteiger partial charge on any atom is 0.0590 e. The van der Waals surface area contributed by atoms with Gasteiger partial charge in [0.15, 0.2) is 0 Å². The fraction of sp³-hybridized carbons (Fsp3) is 0.444. The molecule has 11 heavy (non-hydrogen) atoms. The van der Waals surface area contributed by atoms with Gasteiger partial charge >= 0.3 is 0 Å². The van der Waals surface area contributed by atoms with Crippen molar-refractivity contribution in [2.75, 3.05) is 0 Å². The van der Waals surface area contributed by atoms with Gasteiger partial charge in [-0.15, -0.1) is 0 Å². The normalized spacial score (nSPS) is 13.5. The second-order valence-corrected chi connectivity index (χ2v) is 3.89. The molecule has 0 aliphatic rings. The topological polar surface area (TPSA) is 12.9 Å². The van der Waals surface area contributed by atoms with Crippen LogP contribution < -0.4 is 0 Å². The van der Waals surface area contributed by atoms with Crippen molar-refractivity contribution < 1.29 is 0 Å². The van der Waals surface area contributed by atoms with Gasteiger partial charge < -0.3 is 0 Å². The Labute approximate surface area is 76.0 Å². The number of hydrogen-bond acceptors (Lipinski definition) is 1. The molecule has 0 aromatic carbocycles. The first-order chi connectivity index (χ1) is 5.22. The number of nitrogens with zero attached hydrogens (tertiary/aromatic N) is 1. The highest BCUT2D eigenvalue weighted by atomic mass is 79.9. The van der Waals surface area contributed by atoms with E-state index in [1.807, 2.05) is 24.4 Å². The van der Waals surface area contributed by atoms with E-state index in [1.54, 1.807) is 0 Å². The second-order valence-electron chi connectivity index (χ2n) is 2.90. The Morgan fingerprint density at radius 1 is 1.36 bits per heavy atom. The summed E-state index contributed by atoms with van der Waals surface area (Å²) in [5, 5.41) is 0. The molecule has 1 nitrogen and oxygen atoms in total. The summed E-state index contributed by atoms with van der Waals surface area (Å²) in [6.45, 7) is 4.35. The van der Waals surface area contributed by atoms with Crippen LogP contribution in [0, 0.1) is 5.92 Å². The summed E-state index contributed by atoms with van der Waals surface area (Å²) in [6.07, 6.45) is 1.83. The standard InChI is InChI=1S/C9H12BrN/c1-7(2)9(10)8-5-3-4-6-11-8/h3-7,9H,1-2H3. The zero-order chi connectivity index (χ0) is 8.27. The molecule has 0 saturated carbocycles. The number of alkyl halides is 1. The van der Waals surface area contributed by atoms with Crippen LogP contribution >= 0.6 is 15.9 Å². The van der Waals surface area contributed by atoms with Gasteiger partial charge in [0.05, 0.1) is 10.5 Å². The van der Waals surface area contributed by atoms with E-state index in [2.05, 4.69) is 34.8 Å². The molecule has 0 N–H and O–H groups in total. The van der Waals surface area contributed by atoms with Gasteiger partial charge in [-0.2, -0.15) is 0 Å². The molecule has 0 saturated heterocycles. The van der Waals surface area contributed by atoms with Gasteiger partial charge in [-0.1, -0.05) is 35.8 Å². The zero-order valence-corrected chi connectivity index (χ0v) is 8.38. The molecule has 1 aromatic heterocycles. The predicted molar refractivity (Wildman–Crippen MR) is 50.7 cm³/mol. The highest BCUT2D eigenvalue weighted by Crippen LogP contribution is 2.28. The second kappa shape index (κ2) is 3.86. The molecule has 0 amide bonds. The van der Waals surface area contributed by atoms with Crippen LogP contribution in [-0.4, -0.2) is 4.98 Å². The Kier molecular flexibility index (Phi) is 3.06. The minimum atomic E-state index is 0.378. The summed E-state index contributed by atoms with van der Waals surface area (Å²) in [6, 6.07) is 5.99. The summed E-state index contributed by atoms with van der Waals surface area (Å²) in [5.74, 6) is 0.588. The van der Waals surface area contributed by atoms with Gasteiger partial charge in [0, 0.05) is 6.20 Å². The molecule has 60 valence electrons. The van der Waals surface area contributed by atoms with Crippen LogP contribution in [0.3, 0.4) is 0 Å². The summed E-state index contributed by atoms with van der Waals surface area (Å²) in [4.78, 5) is 4.63. The Morgan fingerprint density at radius 3 is 2.55 bits per heavy atom.